The quantitative estimate of drug-likeness (QED) is 0.248. The number of rotatable bonds is 7. The first-order valence-corrected chi connectivity index (χ1v) is 9.95. The van der Waals surface area contributed by atoms with Gasteiger partial charge in [-0.3, -0.25) is 10.1 Å². The van der Waals surface area contributed by atoms with Crippen LogP contribution in [-0.4, -0.2) is 12.0 Å². The summed E-state index contributed by atoms with van der Waals surface area (Å²) in [4.78, 5) is 10.8. The summed E-state index contributed by atoms with van der Waals surface area (Å²) in [5.41, 5.74) is 2.98. The number of pyridine rings is 1. The van der Waals surface area contributed by atoms with E-state index in [2.05, 4.69) is 0 Å². The van der Waals surface area contributed by atoms with Crippen LogP contribution < -0.4 is 14.0 Å². The van der Waals surface area contributed by atoms with Gasteiger partial charge in [0, 0.05) is 18.2 Å². The highest BCUT2D eigenvalue weighted by molar-refractivity contribution is 5.92. The molecule has 0 spiro atoms. The number of ether oxygens (including phenoxy) is 2. The maximum atomic E-state index is 11.2. The van der Waals surface area contributed by atoms with Gasteiger partial charge >= 0.3 is 0 Å². The predicted molar refractivity (Wildman–Crippen MR) is 118 cm³/mol. The molecular formula is C25H23N2O4+. The first kappa shape index (κ1) is 20.3. The fraction of sp³-hybridized carbons (Fsp3) is 0.160. The second-order valence-electron chi connectivity index (χ2n) is 7.31. The van der Waals surface area contributed by atoms with Crippen molar-refractivity contribution in [1.82, 2.24) is 0 Å². The molecule has 0 aliphatic rings. The first-order valence-electron chi connectivity index (χ1n) is 9.95. The molecule has 0 saturated carbocycles. The lowest BCUT2D eigenvalue weighted by atomic mass is 10.0. The Morgan fingerprint density at radius 1 is 0.968 bits per heavy atom. The van der Waals surface area contributed by atoms with Gasteiger partial charge in [-0.1, -0.05) is 42.5 Å². The molecule has 6 nitrogen and oxygen atoms in total. The monoisotopic (exact) mass is 415 g/mol. The van der Waals surface area contributed by atoms with Crippen LogP contribution in [0, 0.1) is 10.1 Å². The molecule has 0 bridgehead atoms. The number of hydrogen-bond acceptors (Lipinski definition) is 4. The highest BCUT2D eigenvalue weighted by atomic mass is 16.6. The fourth-order valence-electron chi connectivity index (χ4n) is 3.69. The molecule has 156 valence electrons. The van der Waals surface area contributed by atoms with Crippen molar-refractivity contribution in [2.24, 2.45) is 7.05 Å². The van der Waals surface area contributed by atoms with E-state index in [0.717, 1.165) is 27.6 Å². The zero-order valence-electron chi connectivity index (χ0n) is 17.4. The molecule has 0 N–H and O–H groups in total. The third kappa shape index (κ3) is 4.33. The van der Waals surface area contributed by atoms with E-state index in [1.165, 1.54) is 6.07 Å². The molecule has 0 unspecified atom stereocenters. The van der Waals surface area contributed by atoms with Crippen LogP contribution in [0.2, 0.25) is 0 Å². The van der Waals surface area contributed by atoms with E-state index >= 15 is 0 Å². The van der Waals surface area contributed by atoms with E-state index in [1.54, 1.807) is 19.2 Å². The summed E-state index contributed by atoms with van der Waals surface area (Å²) < 4.78 is 13.9. The van der Waals surface area contributed by atoms with Gasteiger partial charge in [-0.15, -0.1) is 0 Å². The Bertz CT molecular complexity index is 1240. The Labute approximate surface area is 180 Å². The normalized spacial score (nSPS) is 10.8. The van der Waals surface area contributed by atoms with Crippen LogP contribution in [0.5, 0.6) is 11.5 Å². The number of aromatic nitrogens is 1. The summed E-state index contributed by atoms with van der Waals surface area (Å²) in [6, 6.07) is 22.6. The van der Waals surface area contributed by atoms with Gasteiger partial charge < -0.3 is 9.47 Å². The van der Waals surface area contributed by atoms with Gasteiger partial charge in [0.25, 0.3) is 5.69 Å². The lowest BCUT2D eigenvalue weighted by molar-refractivity contribution is -0.677. The van der Waals surface area contributed by atoms with Gasteiger partial charge in [-0.2, -0.15) is 0 Å². The Balaban J connectivity index is 1.81. The molecule has 4 rings (SSSR count). The van der Waals surface area contributed by atoms with Crippen molar-refractivity contribution in [2.45, 2.75) is 13.0 Å². The third-order valence-corrected chi connectivity index (χ3v) is 5.28. The Hall–Kier alpha value is -3.93. The minimum absolute atomic E-state index is 0.0820. The van der Waals surface area contributed by atoms with Crippen molar-refractivity contribution in [1.29, 1.82) is 0 Å². The molecule has 1 heterocycles. The molecule has 0 fully saturated rings. The lowest BCUT2D eigenvalue weighted by Crippen LogP contribution is -2.33. The van der Waals surface area contributed by atoms with Crippen LogP contribution in [-0.2, 0) is 20.1 Å². The van der Waals surface area contributed by atoms with Crippen LogP contribution in [0.15, 0.2) is 79.0 Å². The van der Waals surface area contributed by atoms with Crippen molar-refractivity contribution in [3.8, 4) is 11.5 Å². The van der Waals surface area contributed by atoms with E-state index in [-0.39, 0.29) is 10.6 Å². The van der Waals surface area contributed by atoms with Gasteiger partial charge in [-0.25, -0.2) is 4.57 Å². The molecule has 3 aromatic carbocycles. The van der Waals surface area contributed by atoms with Gasteiger partial charge in [0.05, 0.1) is 23.8 Å². The number of fused-ring (bicyclic) bond motifs is 1. The standard InChI is InChI=1S/C25H23N2O4/c1-26-14-13-20-11-12-23(30-2)25(31-17-18-7-4-3-5-8-18)24(20)22(26)16-19-9-6-10-21(15-19)27(28)29/h3-15H,16-17H2,1-2H3/q+1. The molecule has 0 saturated heterocycles. The smallest absolute Gasteiger partial charge is 0.269 e. The van der Waals surface area contributed by atoms with Crippen LogP contribution in [0.1, 0.15) is 16.8 Å². The summed E-state index contributed by atoms with van der Waals surface area (Å²) in [7, 11) is 3.59. The number of hydrogen-bond donors (Lipinski definition) is 0. The molecule has 0 aliphatic carbocycles. The summed E-state index contributed by atoms with van der Waals surface area (Å²) in [5, 5.41) is 13.2. The maximum Gasteiger partial charge on any atom is 0.269 e. The van der Waals surface area contributed by atoms with E-state index in [9.17, 15) is 10.1 Å². The third-order valence-electron chi connectivity index (χ3n) is 5.28. The summed E-state index contributed by atoms with van der Waals surface area (Å²) in [6.07, 6.45) is 2.51. The average Bonchev–Trinajstić information content (AvgIpc) is 2.80. The predicted octanol–water partition coefficient (Wildman–Crippen LogP) is 4.75. The molecule has 1 aromatic heterocycles. The summed E-state index contributed by atoms with van der Waals surface area (Å²) >= 11 is 0. The van der Waals surface area contributed by atoms with Crippen LogP contribution in [0.4, 0.5) is 5.69 Å². The fourth-order valence-corrected chi connectivity index (χ4v) is 3.69. The van der Waals surface area contributed by atoms with Gasteiger partial charge in [0.1, 0.15) is 13.7 Å². The number of nitro benzene ring substituents is 1. The zero-order valence-corrected chi connectivity index (χ0v) is 17.4. The minimum atomic E-state index is -0.371. The number of non-ortho nitro benzene ring substituents is 1. The molecule has 0 amide bonds. The maximum absolute atomic E-state index is 11.2. The average molecular weight is 415 g/mol. The molecule has 6 heteroatoms. The summed E-state index contributed by atoms with van der Waals surface area (Å²) in [6.45, 7) is 0.408. The molecule has 31 heavy (non-hydrogen) atoms. The number of nitro groups is 1. The Morgan fingerprint density at radius 3 is 2.48 bits per heavy atom. The van der Waals surface area contributed by atoms with E-state index in [4.69, 9.17) is 9.47 Å². The van der Waals surface area contributed by atoms with Crippen LogP contribution in [0.3, 0.4) is 0 Å². The molecule has 4 aromatic rings. The van der Waals surface area contributed by atoms with Gasteiger partial charge in [0.15, 0.2) is 23.4 Å². The van der Waals surface area contributed by atoms with Gasteiger partial charge in [-0.05, 0) is 28.6 Å². The van der Waals surface area contributed by atoms with Crippen molar-refractivity contribution >= 4 is 16.5 Å². The van der Waals surface area contributed by atoms with E-state index in [0.29, 0.717) is 24.5 Å². The largest absolute Gasteiger partial charge is 0.493 e. The van der Waals surface area contributed by atoms with Crippen LogP contribution in [0.25, 0.3) is 10.8 Å². The summed E-state index contributed by atoms with van der Waals surface area (Å²) in [5.74, 6) is 1.32. The van der Waals surface area contributed by atoms with Gasteiger partial charge in [0.2, 0.25) is 0 Å². The minimum Gasteiger partial charge on any atom is -0.493 e. The Kier molecular flexibility index (Phi) is 5.80. The van der Waals surface area contributed by atoms with E-state index < -0.39 is 0 Å². The number of methoxy groups -OCH3 is 1. The Morgan fingerprint density at radius 2 is 1.74 bits per heavy atom. The second kappa shape index (κ2) is 8.83. The van der Waals surface area contributed by atoms with Crippen molar-refractivity contribution in [3.63, 3.8) is 0 Å². The zero-order chi connectivity index (χ0) is 21.8. The molecular weight excluding hydrogens is 392 g/mol. The SMILES string of the molecule is COc1ccc2cc[n+](C)c(Cc3cccc([N+](=O)[O-])c3)c2c1OCc1ccccc1. The van der Waals surface area contributed by atoms with Crippen molar-refractivity contribution < 1.29 is 19.0 Å². The molecule has 0 atom stereocenters. The molecule has 0 radical (unpaired) electrons. The van der Waals surface area contributed by atoms with Crippen molar-refractivity contribution in [3.05, 3.63) is 106 Å². The highest BCUT2D eigenvalue weighted by Crippen LogP contribution is 2.38. The lowest BCUT2D eigenvalue weighted by Gasteiger charge is -2.15. The second-order valence-corrected chi connectivity index (χ2v) is 7.31. The highest BCUT2D eigenvalue weighted by Gasteiger charge is 2.21. The number of aryl methyl sites for hydroxylation is 1. The number of nitrogens with zero attached hydrogens (tertiary/aromatic N) is 2. The van der Waals surface area contributed by atoms with Crippen molar-refractivity contribution in [2.75, 3.05) is 7.11 Å². The topological polar surface area (TPSA) is 65.5 Å². The molecule has 0 aliphatic heterocycles. The van der Waals surface area contributed by atoms with Crippen LogP contribution >= 0.6 is 0 Å². The number of benzene rings is 3. The van der Waals surface area contributed by atoms with E-state index in [1.807, 2.05) is 72.4 Å². The first-order chi connectivity index (χ1) is 15.1.